The molecule has 0 aliphatic carbocycles. The Labute approximate surface area is 129 Å². The number of likely N-dealkylation sites (tertiary alicyclic amines) is 1. The minimum Gasteiger partial charge on any atom is -0.497 e. The Balaban J connectivity index is 1.97. The third kappa shape index (κ3) is 4.72. The molecule has 1 aliphatic rings. The summed E-state index contributed by atoms with van der Waals surface area (Å²) in [7, 11) is 1.72. The Bertz CT molecular complexity index is 404. The van der Waals surface area contributed by atoms with Gasteiger partial charge in [0.2, 0.25) is 0 Å². The van der Waals surface area contributed by atoms with Crippen LogP contribution in [0.4, 0.5) is 0 Å². The van der Waals surface area contributed by atoms with Crippen LogP contribution < -0.4 is 10.1 Å². The van der Waals surface area contributed by atoms with Gasteiger partial charge in [-0.2, -0.15) is 0 Å². The van der Waals surface area contributed by atoms with Gasteiger partial charge in [-0.05, 0) is 57.0 Å². The van der Waals surface area contributed by atoms with Crippen molar-refractivity contribution >= 4 is 0 Å². The topological polar surface area (TPSA) is 24.5 Å². The van der Waals surface area contributed by atoms with Gasteiger partial charge in [0.25, 0.3) is 0 Å². The molecule has 0 saturated carbocycles. The number of hydrogen-bond acceptors (Lipinski definition) is 3. The van der Waals surface area contributed by atoms with Crippen LogP contribution in [0.1, 0.15) is 45.1 Å². The number of methoxy groups -OCH3 is 1. The first kappa shape index (κ1) is 16.3. The molecule has 1 saturated heterocycles. The Morgan fingerprint density at radius 1 is 1.29 bits per heavy atom. The summed E-state index contributed by atoms with van der Waals surface area (Å²) in [5.41, 5.74) is 1.38. The quantitative estimate of drug-likeness (QED) is 0.832. The third-order valence-electron chi connectivity index (χ3n) is 4.50. The van der Waals surface area contributed by atoms with E-state index in [0.29, 0.717) is 12.1 Å². The fraction of sp³-hybridized carbons (Fsp3) is 0.667. The van der Waals surface area contributed by atoms with Crippen molar-refractivity contribution in [2.24, 2.45) is 0 Å². The van der Waals surface area contributed by atoms with Gasteiger partial charge in [-0.3, -0.25) is 4.90 Å². The van der Waals surface area contributed by atoms with Gasteiger partial charge in [0, 0.05) is 18.6 Å². The van der Waals surface area contributed by atoms with Crippen molar-refractivity contribution in [1.29, 1.82) is 0 Å². The lowest BCUT2D eigenvalue weighted by atomic mass is 9.95. The molecule has 1 N–H and O–H groups in total. The lowest BCUT2D eigenvalue weighted by molar-refractivity contribution is 0.112. The zero-order valence-corrected chi connectivity index (χ0v) is 13.8. The Morgan fingerprint density at radius 2 is 2.05 bits per heavy atom. The van der Waals surface area contributed by atoms with Crippen molar-refractivity contribution in [3.8, 4) is 5.75 Å². The van der Waals surface area contributed by atoms with Crippen molar-refractivity contribution in [3.05, 3.63) is 29.8 Å². The van der Waals surface area contributed by atoms with E-state index in [4.69, 9.17) is 4.74 Å². The fourth-order valence-electron chi connectivity index (χ4n) is 3.25. The van der Waals surface area contributed by atoms with Crippen LogP contribution in [0.2, 0.25) is 0 Å². The molecule has 1 heterocycles. The largest absolute Gasteiger partial charge is 0.497 e. The number of nitrogens with one attached hydrogen (secondary N) is 1. The van der Waals surface area contributed by atoms with E-state index in [-0.39, 0.29) is 0 Å². The van der Waals surface area contributed by atoms with E-state index in [9.17, 15) is 0 Å². The molecule has 1 aliphatic heterocycles. The van der Waals surface area contributed by atoms with Gasteiger partial charge < -0.3 is 10.1 Å². The van der Waals surface area contributed by atoms with Crippen LogP contribution in [0.5, 0.6) is 5.75 Å². The molecule has 1 fully saturated rings. The number of nitrogens with zero attached hydrogens (tertiary/aromatic N) is 1. The summed E-state index contributed by atoms with van der Waals surface area (Å²) < 4.78 is 5.24. The van der Waals surface area contributed by atoms with E-state index in [0.717, 1.165) is 18.8 Å². The maximum Gasteiger partial charge on any atom is 0.118 e. The van der Waals surface area contributed by atoms with Crippen LogP contribution in [0.3, 0.4) is 0 Å². The summed E-state index contributed by atoms with van der Waals surface area (Å²) in [6.45, 7) is 7.96. The van der Waals surface area contributed by atoms with Crippen molar-refractivity contribution in [2.45, 2.75) is 58.2 Å². The molecule has 21 heavy (non-hydrogen) atoms. The van der Waals surface area contributed by atoms with Gasteiger partial charge in [0.05, 0.1) is 7.11 Å². The number of piperidine rings is 1. The Hall–Kier alpha value is -1.06. The second-order valence-corrected chi connectivity index (χ2v) is 6.12. The predicted octanol–water partition coefficient (Wildman–Crippen LogP) is 3.44. The number of rotatable bonds is 7. The maximum atomic E-state index is 5.24. The van der Waals surface area contributed by atoms with E-state index in [2.05, 4.69) is 48.3 Å². The highest BCUT2D eigenvalue weighted by atomic mass is 16.5. The molecule has 3 heteroatoms. The molecule has 2 unspecified atom stereocenters. The minimum absolute atomic E-state index is 0.573. The summed E-state index contributed by atoms with van der Waals surface area (Å²) in [5.74, 6) is 0.937. The summed E-state index contributed by atoms with van der Waals surface area (Å²) >= 11 is 0. The smallest absolute Gasteiger partial charge is 0.118 e. The minimum atomic E-state index is 0.573. The second kappa shape index (κ2) is 8.40. The lowest BCUT2D eigenvalue weighted by Crippen LogP contribution is -2.50. The highest BCUT2D eigenvalue weighted by Gasteiger charge is 2.26. The molecule has 0 amide bonds. The Morgan fingerprint density at radius 3 is 2.71 bits per heavy atom. The van der Waals surface area contributed by atoms with Gasteiger partial charge in [0.1, 0.15) is 5.75 Å². The van der Waals surface area contributed by atoms with Gasteiger partial charge >= 0.3 is 0 Å². The molecular formula is C18H30N2O. The number of benzene rings is 1. The predicted molar refractivity (Wildman–Crippen MR) is 88.8 cm³/mol. The zero-order chi connectivity index (χ0) is 15.1. The van der Waals surface area contributed by atoms with E-state index >= 15 is 0 Å². The molecule has 0 radical (unpaired) electrons. The first-order chi connectivity index (χ1) is 10.2. The summed E-state index contributed by atoms with van der Waals surface area (Å²) in [5, 5.41) is 3.67. The first-order valence-corrected chi connectivity index (χ1v) is 8.35. The van der Waals surface area contributed by atoms with E-state index in [1.807, 2.05) is 0 Å². The molecule has 3 nitrogen and oxygen atoms in total. The molecule has 0 bridgehead atoms. The maximum absolute atomic E-state index is 5.24. The summed E-state index contributed by atoms with van der Waals surface area (Å²) in [6, 6.07) is 9.74. The van der Waals surface area contributed by atoms with Crippen LogP contribution in [0.25, 0.3) is 0 Å². The number of ether oxygens (including phenoxy) is 1. The van der Waals surface area contributed by atoms with E-state index in [1.54, 1.807) is 7.11 Å². The first-order valence-electron chi connectivity index (χ1n) is 8.35. The third-order valence-corrected chi connectivity index (χ3v) is 4.50. The highest BCUT2D eigenvalue weighted by molar-refractivity contribution is 5.27. The van der Waals surface area contributed by atoms with Gasteiger partial charge in [0.15, 0.2) is 0 Å². The highest BCUT2D eigenvalue weighted by Crippen LogP contribution is 2.23. The standard InChI is InChI=1S/C18H30N2O/c1-4-12-19-15(2)18-7-5-6-13-20(18)14-16-8-10-17(21-3)11-9-16/h8-11,15,18-19H,4-7,12-14H2,1-3H3. The monoisotopic (exact) mass is 290 g/mol. The van der Waals surface area contributed by atoms with Crippen LogP contribution in [-0.2, 0) is 6.54 Å². The van der Waals surface area contributed by atoms with Crippen molar-refractivity contribution < 1.29 is 4.74 Å². The summed E-state index contributed by atoms with van der Waals surface area (Å²) in [6.07, 6.45) is 5.21. The molecule has 1 aromatic carbocycles. The zero-order valence-electron chi connectivity index (χ0n) is 13.8. The lowest BCUT2D eigenvalue weighted by Gasteiger charge is -2.39. The molecule has 2 rings (SSSR count). The van der Waals surface area contributed by atoms with Gasteiger partial charge in [-0.25, -0.2) is 0 Å². The van der Waals surface area contributed by atoms with Crippen LogP contribution in [0.15, 0.2) is 24.3 Å². The van der Waals surface area contributed by atoms with E-state index < -0.39 is 0 Å². The normalized spacial score (nSPS) is 21.2. The van der Waals surface area contributed by atoms with Crippen LogP contribution in [0, 0.1) is 0 Å². The van der Waals surface area contributed by atoms with Crippen molar-refractivity contribution in [1.82, 2.24) is 10.2 Å². The van der Waals surface area contributed by atoms with Crippen molar-refractivity contribution in [3.63, 3.8) is 0 Å². The molecule has 0 aromatic heterocycles. The van der Waals surface area contributed by atoms with Crippen LogP contribution in [-0.4, -0.2) is 37.2 Å². The molecule has 118 valence electrons. The SMILES string of the molecule is CCCNC(C)C1CCCCN1Cc1ccc(OC)cc1. The average molecular weight is 290 g/mol. The van der Waals surface area contributed by atoms with E-state index in [1.165, 1.54) is 37.8 Å². The number of hydrogen-bond donors (Lipinski definition) is 1. The fourth-order valence-corrected chi connectivity index (χ4v) is 3.25. The molecular weight excluding hydrogens is 260 g/mol. The van der Waals surface area contributed by atoms with Crippen LogP contribution >= 0.6 is 0 Å². The summed E-state index contributed by atoms with van der Waals surface area (Å²) in [4.78, 5) is 2.65. The van der Waals surface area contributed by atoms with Gasteiger partial charge in [-0.1, -0.05) is 25.5 Å². The Kier molecular flexibility index (Phi) is 6.52. The average Bonchev–Trinajstić information content (AvgIpc) is 2.54. The van der Waals surface area contributed by atoms with Crippen molar-refractivity contribution in [2.75, 3.05) is 20.2 Å². The molecule has 1 aromatic rings. The van der Waals surface area contributed by atoms with Gasteiger partial charge in [-0.15, -0.1) is 0 Å². The molecule has 0 spiro atoms. The second-order valence-electron chi connectivity index (χ2n) is 6.12. The molecule has 2 atom stereocenters.